The molecule has 1 atom stereocenters. The second kappa shape index (κ2) is 6.91. The number of nitrogens with zero attached hydrogens (tertiary/aromatic N) is 1. The second-order valence-electron chi connectivity index (χ2n) is 5.92. The van der Waals surface area contributed by atoms with Gasteiger partial charge in [0.2, 0.25) is 10.0 Å². The largest absolute Gasteiger partial charge is 0.497 e. The number of halogens is 1. The summed E-state index contributed by atoms with van der Waals surface area (Å²) in [6.07, 6.45) is 2.24. The van der Waals surface area contributed by atoms with Crippen molar-refractivity contribution in [2.24, 2.45) is 0 Å². The summed E-state index contributed by atoms with van der Waals surface area (Å²) >= 11 is 0. The van der Waals surface area contributed by atoms with Gasteiger partial charge in [-0.15, -0.1) is 0 Å². The Bertz CT molecular complexity index is 788. The molecule has 1 unspecified atom stereocenters. The molecular weight excluding hydrogens is 329 g/mol. The van der Waals surface area contributed by atoms with Crippen LogP contribution in [0.4, 0.5) is 4.39 Å². The zero-order valence-corrected chi connectivity index (χ0v) is 14.3. The molecule has 0 amide bonds. The average Bonchev–Trinajstić information content (AvgIpc) is 3.06. The van der Waals surface area contributed by atoms with E-state index in [0.717, 1.165) is 18.4 Å². The molecule has 0 radical (unpaired) electrons. The first-order valence-electron chi connectivity index (χ1n) is 7.91. The lowest BCUT2D eigenvalue weighted by atomic mass is 10.0. The summed E-state index contributed by atoms with van der Waals surface area (Å²) in [7, 11) is -1.99. The number of sulfonamides is 1. The highest BCUT2D eigenvalue weighted by Gasteiger charge is 2.35. The van der Waals surface area contributed by atoms with E-state index in [1.807, 2.05) is 0 Å². The normalized spacial score (nSPS) is 18.7. The van der Waals surface area contributed by atoms with Gasteiger partial charge in [0.25, 0.3) is 0 Å². The van der Waals surface area contributed by atoms with Crippen molar-refractivity contribution in [1.29, 1.82) is 0 Å². The highest BCUT2D eigenvalue weighted by molar-refractivity contribution is 7.89. The molecule has 0 N–H and O–H groups in total. The predicted molar refractivity (Wildman–Crippen MR) is 90.0 cm³/mol. The maximum absolute atomic E-state index is 13.0. The lowest BCUT2D eigenvalue weighted by Gasteiger charge is -2.24. The smallest absolute Gasteiger partial charge is 0.243 e. The second-order valence-corrected chi connectivity index (χ2v) is 7.81. The molecule has 0 saturated carbocycles. The van der Waals surface area contributed by atoms with Crippen LogP contribution in [0.15, 0.2) is 53.4 Å². The van der Waals surface area contributed by atoms with Gasteiger partial charge in [-0.3, -0.25) is 0 Å². The minimum absolute atomic E-state index is 0.0948. The SMILES string of the molecule is COc1ccc(S(=O)(=O)N2CCCC2Cc2ccc(F)cc2)cc1. The molecule has 1 saturated heterocycles. The summed E-state index contributed by atoms with van der Waals surface area (Å²) < 4.78 is 45.5. The van der Waals surface area contributed by atoms with E-state index in [9.17, 15) is 12.8 Å². The first-order valence-corrected chi connectivity index (χ1v) is 9.35. The molecule has 1 heterocycles. The Hall–Kier alpha value is -1.92. The van der Waals surface area contributed by atoms with Crippen LogP contribution in [0.2, 0.25) is 0 Å². The molecule has 0 bridgehead atoms. The minimum Gasteiger partial charge on any atom is -0.497 e. The van der Waals surface area contributed by atoms with Crippen LogP contribution in [-0.2, 0) is 16.4 Å². The Morgan fingerprint density at radius 2 is 1.79 bits per heavy atom. The zero-order valence-electron chi connectivity index (χ0n) is 13.5. The molecule has 3 rings (SSSR count). The van der Waals surface area contributed by atoms with Crippen molar-refractivity contribution in [3.8, 4) is 5.75 Å². The van der Waals surface area contributed by atoms with Crippen molar-refractivity contribution in [2.75, 3.05) is 13.7 Å². The van der Waals surface area contributed by atoms with Crippen LogP contribution in [-0.4, -0.2) is 32.4 Å². The van der Waals surface area contributed by atoms with E-state index in [4.69, 9.17) is 4.74 Å². The van der Waals surface area contributed by atoms with Crippen LogP contribution >= 0.6 is 0 Å². The Kier molecular flexibility index (Phi) is 4.87. The third-order valence-electron chi connectivity index (χ3n) is 4.37. The molecule has 0 aliphatic carbocycles. The van der Waals surface area contributed by atoms with E-state index >= 15 is 0 Å². The standard InChI is InChI=1S/C18H20FNO3S/c1-23-17-8-10-18(11-9-17)24(21,22)20-12-2-3-16(20)13-14-4-6-15(19)7-5-14/h4-11,16H,2-3,12-13H2,1H3. The van der Waals surface area contributed by atoms with Gasteiger partial charge in [0.15, 0.2) is 0 Å². The van der Waals surface area contributed by atoms with Gasteiger partial charge in [0.05, 0.1) is 12.0 Å². The molecular formula is C18H20FNO3S. The fraction of sp³-hybridized carbons (Fsp3) is 0.333. The van der Waals surface area contributed by atoms with E-state index < -0.39 is 10.0 Å². The minimum atomic E-state index is -3.54. The fourth-order valence-electron chi connectivity index (χ4n) is 3.11. The summed E-state index contributed by atoms with van der Waals surface area (Å²) in [5.41, 5.74) is 0.943. The molecule has 1 aliphatic heterocycles. The van der Waals surface area contributed by atoms with Crippen molar-refractivity contribution in [2.45, 2.75) is 30.2 Å². The van der Waals surface area contributed by atoms with Crippen molar-refractivity contribution in [3.05, 3.63) is 59.9 Å². The first-order chi connectivity index (χ1) is 11.5. The number of methoxy groups -OCH3 is 1. The monoisotopic (exact) mass is 349 g/mol. The number of hydrogen-bond acceptors (Lipinski definition) is 3. The Morgan fingerprint density at radius 1 is 1.12 bits per heavy atom. The van der Waals surface area contributed by atoms with Gasteiger partial charge in [-0.1, -0.05) is 12.1 Å². The van der Waals surface area contributed by atoms with Crippen LogP contribution in [0.3, 0.4) is 0 Å². The summed E-state index contributed by atoms with van der Waals surface area (Å²) in [6, 6.07) is 12.6. The maximum Gasteiger partial charge on any atom is 0.243 e. The molecule has 1 aliphatic rings. The van der Waals surface area contributed by atoms with Gasteiger partial charge >= 0.3 is 0 Å². The van der Waals surface area contributed by atoms with Crippen LogP contribution in [0, 0.1) is 5.82 Å². The lowest BCUT2D eigenvalue weighted by Crippen LogP contribution is -2.36. The molecule has 128 valence electrons. The zero-order chi connectivity index (χ0) is 17.2. The van der Waals surface area contributed by atoms with E-state index in [-0.39, 0.29) is 16.8 Å². The lowest BCUT2D eigenvalue weighted by molar-refractivity contribution is 0.385. The van der Waals surface area contributed by atoms with Crippen molar-refractivity contribution in [1.82, 2.24) is 4.31 Å². The molecule has 1 fully saturated rings. The summed E-state index contributed by atoms with van der Waals surface area (Å²) in [4.78, 5) is 0.273. The van der Waals surface area contributed by atoms with Crippen molar-refractivity contribution < 1.29 is 17.5 Å². The number of rotatable bonds is 5. The van der Waals surface area contributed by atoms with Gasteiger partial charge in [0.1, 0.15) is 11.6 Å². The van der Waals surface area contributed by atoms with Crippen LogP contribution in [0.25, 0.3) is 0 Å². The van der Waals surface area contributed by atoms with Gasteiger partial charge < -0.3 is 4.74 Å². The fourth-order valence-corrected chi connectivity index (χ4v) is 4.80. The summed E-state index contributed by atoms with van der Waals surface area (Å²) in [5.74, 6) is 0.339. The van der Waals surface area contributed by atoms with Crippen LogP contribution in [0.5, 0.6) is 5.75 Å². The molecule has 2 aromatic carbocycles. The van der Waals surface area contributed by atoms with Gasteiger partial charge in [0, 0.05) is 12.6 Å². The van der Waals surface area contributed by atoms with Crippen LogP contribution < -0.4 is 4.74 Å². The summed E-state index contributed by atoms with van der Waals surface area (Å²) in [6.45, 7) is 0.514. The third-order valence-corrected chi connectivity index (χ3v) is 6.34. The number of benzene rings is 2. The number of ether oxygens (including phenoxy) is 1. The Morgan fingerprint density at radius 3 is 2.42 bits per heavy atom. The van der Waals surface area contributed by atoms with E-state index in [1.165, 1.54) is 12.1 Å². The quantitative estimate of drug-likeness (QED) is 0.833. The van der Waals surface area contributed by atoms with Gasteiger partial charge in [-0.05, 0) is 61.2 Å². The van der Waals surface area contributed by atoms with Crippen LogP contribution in [0.1, 0.15) is 18.4 Å². The Balaban J connectivity index is 1.81. The predicted octanol–water partition coefficient (Wildman–Crippen LogP) is 3.23. The molecule has 0 spiro atoms. The first kappa shape index (κ1) is 16.9. The summed E-state index contributed by atoms with van der Waals surface area (Å²) in [5, 5.41) is 0. The highest BCUT2D eigenvalue weighted by Crippen LogP contribution is 2.29. The molecule has 0 aromatic heterocycles. The van der Waals surface area contributed by atoms with E-state index in [2.05, 4.69) is 0 Å². The molecule has 24 heavy (non-hydrogen) atoms. The van der Waals surface area contributed by atoms with Gasteiger partial charge in [-0.2, -0.15) is 4.31 Å². The topological polar surface area (TPSA) is 46.6 Å². The molecule has 4 nitrogen and oxygen atoms in total. The Labute approximate surface area is 141 Å². The van der Waals surface area contributed by atoms with E-state index in [1.54, 1.807) is 47.8 Å². The van der Waals surface area contributed by atoms with Crippen molar-refractivity contribution in [3.63, 3.8) is 0 Å². The molecule has 6 heteroatoms. The number of hydrogen-bond donors (Lipinski definition) is 0. The highest BCUT2D eigenvalue weighted by atomic mass is 32.2. The average molecular weight is 349 g/mol. The maximum atomic E-state index is 13.0. The van der Waals surface area contributed by atoms with Gasteiger partial charge in [-0.25, -0.2) is 12.8 Å². The van der Waals surface area contributed by atoms with E-state index in [0.29, 0.717) is 18.7 Å². The van der Waals surface area contributed by atoms with Crippen molar-refractivity contribution >= 4 is 10.0 Å². The third kappa shape index (κ3) is 3.44. The molecule has 2 aromatic rings.